The van der Waals surface area contributed by atoms with E-state index in [0.29, 0.717) is 12.5 Å². The SMILES string of the molecule is O=C(COC[C@@]12COC[C@@H]1CN(Cc1nccs1)C2)N1CCCC1. The Labute approximate surface area is 146 Å². The molecule has 0 bridgehead atoms. The zero-order chi connectivity index (χ0) is 16.4. The minimum Gasteiger partial charge on any atom is -0.380 e. The Morgan fingerprint density at radius 3 is 3.12 bits per heavy atom. The molecule has 132 valence electrons. The zero-order valence-corrected chi connectivity index (χ0v) is 14.8. The summed E-state index contributed by atoms with van der Waals surface area (Å²) in [5, 5.41) is 3.19. The number of carbonyl (C=O) groups excluding carboxylic acids is 1. The lowest BCUT2D eigenvalue weighted by molar-refractivity contribution is -0.136. The van der Waals surface area contributed by atoms with Crippen LogP contribution in [0.15, 0.2) is 11.6 Å². The number of aromatic nitrogens is 1. The summed E-state index contributed by atoms with van der Waals surface area (Å²) in [6.45, 7) is 7.05. The standard InChI is InChI=1S/C17H25N3O3S/c21-16(20-4-1-2-5-20)10-23-13-17-11-19(7-14(17)9-22-12-17)8-15-18-3-6-24-15/h3,6,14H,1-2,4-5,7-13H2/t14-,17+/m0/s1. The summed E-state index contributed by atoms with van der Waals surface area (Å²) >= 11 is 1.71. The van der Waals surface area contributed by atoms with Gasteiger partial charge in [-0.05, 0) is 12.8 Å². The van der Waals surface area contributed by atoms with Crippen LogP contribution in [0, 0.1) is 11.3 Å². The summed E-state index contributed by atoms with van der Waals surface area (Å²) in [6, 6.07) is 0. The molecule has 0 aromatic carbocycles. The third-order valence-corrected chi connectivity index (χ3v) is 6.27. The van der Waals surface area contributed by atoms with Gasteiger partial charge in [0.25, 0.3) is 0 Å². The number of hydrogen-bond acceptors (Lipinski definition) is 6. The number of likely N-dealkylation sites (tertiary alicyclic amines) is 2. The maximum absolute atomic E-state index is 12.1. The molecular weight excluding hydrogens is 326 g/mol. The largest absolute Gasteiger partial charge is 0.380 e. The van der Waals surface area contributed by atoms with Gasteiger partial charge in [-0.2, -0.15) is 0 Å². The third kappa shape index (κ3) is 3.35. The number of thiazole rings is 1. The Morgan fingerprint density at radius 2 is 2.33 bits per heavy atom. The van der Waals surface area contributed by atoms with Crippen molar-refractivity contribution in [3.05, 3.63) is 16.6 Å². The minimum atomic E-state index is 0.0442. The van der Waals surface area contributed by atoms with Gasteiger partial charge in [-0.1, -0.05) is 0 Å². The highest BCUT2D eigenvalue weighted by Gasteiger charge is 2.50. The molecule has 0 aliphatic carbocycles. The number of nitrogens with zero attached hydrogens (tertiary/aromatic N) is 3. The van der Waals surface area contributed by atoms with E-state index in [0.717, 1.165) is 63.8 Å². The van der Waals surface area contributed by atoms with Crippen molar-refractivity contribution in [2.24, 2.45) is 11.3 Å². The van der Waals surface area contributed by atoms with Crippen LogP contribution < -0.4 is 0 Å². The number of rotatable bonds is 6. The molecule has 0 spiro atoms. The second-order valence-electron chi connectivity index (χ2n) is 7.25. The predicted octanol–water partition coefficient (Wildman–Crippen LogP) is 1.23. The van der Waals surface area contributed by atoms with Crippen LogP contribution in [0.1, 0.15) is 17.8 Å². The molecule has 24 heavy (non-hydrogen) atoms. The van der Waals surface area contributed by atoms with Crippen molar-refractivity contribution < 1.29 is 14.3 Å². The molecule has 0 saturated carbocycles. The van der Waals surface area contributed by atoms with E-state index in [9.17, 15) is 4.79 Å². The first kappa shape index (κ1) is 16.4. The first-order chi connectivity index (χ1) is 11.8. The quantitative estimate of drug-likeness (QED) is 0.772. The van der Waals surface area contributed by atoms with E-state index in [-0.39, 0.29) is 17.9 Å². The first-order valence-corrected chi connectivity index (χ1v) is 9.67. The van der Waals surface area contributed by atoms with Gasteiger partial charge in [-0.15, -0.1) is 11.3 Å². The molecule has 1 amide bonds. The molecule has 1 aromatic heterocycles. The van der Waals surface area contributed by atoms with Gasteiger partial charge in [-0.25, -0.2) is 4.98 Å². The van der Waals surface area contributed by atoms with Crippen LogP contribution in [0.5, 0.6) is 0 Å². The molecule has 3 saturated heterocycles. The molecule has 2 atom stereocenters. The molecular formula is C17H25N3O3S. The van der Waals surface area contributed by atoms with Crippen molar-refractivity contribution in [1.29, 1.82) is 0 Å². The van der Waals surface area contributed by atoms with E-state index in [1.165, 1.54) is 0 Å². The third-order valence-electron chi connectivity index (χ3n) is 5.51. The molecule has 1 aromatic rings. The van der Waals surface area contributed by atoms with E-state index in [1.54, 1.807) is 11.3 Å². The molecule has 4 rings (SSSR count). The summed E-state index contributed by atoms with van der Waals surface area (Å²) in [7, 11) is 0. The lowest BCUT2D eigenvalue weighted by Crippen LogP contribution is -2.38. The van der Waals surface area contributed by atoms with Crippen LogP contribution in [-0.2, 0) is 20.8 Å². The van der Waals surface area contributed by atoms with Crippen LogP contribution >= 0.6 is 11.3 Å². The van der Waals surface area contributed by atoms with Crippen LogP contribution in [0.2, 0.25) is 0 Å². The Balaban J connectivity index is 1.30. The summed E-state index contributed by atoms with van der Waals surface area (Å²) in [5.41, 5.74) is 0.0442. The van der Waals surface area contributed by atoms with Gasteiger partial charge in [0, 0.05) is 49.1 Å². The fourth-order valence-electron chi connectivity index (χ4n) is 4.19. The molecule has 6 nitrogen and oxygen atoms in total. The van der Waals surface area contributed by atoms with E-state index in [4.69, 9.17) is 9.47 Å². The highest BCUT2D eigenvalue weighted by Crippen LogP contribution is 2.42. The van der Waals surface area contributed by atoms with Crippen molar-refractivity contribution >= 4 is 17.2 Å². The fourth-order valence-corrected chi connectivity index (χ4v) is 4.85. The summed E-state index contributed by atoms with van der Waals surface area (Å²) in [5.74, 6) is 0.636. The normalized spacial score (nSPS) is 30.2. The molecule has 0 unspecified atom stereocenters. The van der Waals surface area contributed by atoms with Gasteiger partial charge in [0.1, 0.15) is 11.6 Å². The van der Waals surface area contributed by atoms with E-state index in [1.807, 2.05) is 16.5 Å². The van der Waals surface area contributed by atoms with Crippen LogP contribution in [0.25, 0.3) is 0 Å². The van der Waals surface area contributed by atoms with E-state index < -0.39 is 0 Å². The number of carbonyl (C=O) groups is 1. The lowest BCUT2D eigenvalue weighted by atomic mass is 9.82. The Hall–Kier alpha value is -1.02. The average Bonchev–Trinajstić information content (AvgIpc) is 3.32. The number of hydrogen-bond donors (Lipinski definition) is 0. The van der Waals surface area contributed by atoms with Crippen LogP contribution in [0.3, 0.4) is 0 Å². The molecule has 3 fully saturated rings. The topological polar surface area (TPSA) is 54.9 Å². The minimum absolute atomic E-state index is 0.0442. The molecule has 3 aliphatic heterocycles. The van der Waals surface area contributed by atoms with Gasteiger partial charge in [0.05, 0.1) is 26.4 Å². The summed E-state index contributed by atoms with van der Waals surface area (Å²) < 4.78 is 11.6. The maximum atomic E-state index is 12.1. The Morgan fingerprint density at radius 1 is 1.46 bits per heavy atom. The van der Waals surface area contributed by atoms with Gasteiger partial charge < -0.3 is 14.4 Å². The maximum Gasteiger partial charge on any atom is 0.248 e. The van der Waals surface area contributed by atoms with Gasteiger partial charge in [-0.3, -0.25) is 9.69 Å². The molecule has 7 heteroatoms. The monoisotopic (exact) mass is 351 g/mol. The smallest absolute Gasteiger partial charge is 0.248 e. The van der Waals surface area contributed by atoms with Crippen molar-refractivity contribution in [2.75, 3.05) is 52.6 Å². The second kappa shape index (κ2) is 7.07. The van der Waals surface area contributed by atoms with Crippen molar-refractivity contribution in [2.45, 2.75) is 19.4 Å². The predicted molar refractivity (Wildman–Crippen MR) is 90.8 cm³/mol. The molecule has 0 radical (unpaired) electrons. The lowest BCUT2D eigenvalue weighted by Gasteiger charge is -2.27. The number of amides is 1. The van der Waals surface area contributed by atoms with Gasteiger partial charge >= 0.3 is 0 Å². The second-order valence-corrected chi connectivity index (χ2v) is 8.23. The van der Waals surface area contributed by atoms with E-state index >= 15 is 0 Å². The van der Waals surface area contributed by atoms with Gasteiger partial charge in [0.2, 0.25) is 5.91 Å². The molecule has 0 N–H and O–H groups in total. The first-order valence-electron chi connectivity index (χ1n) is 8.79. The van der Waals surface area contributed by atoms with Crippen LogP contribution in [-0.4, -0.2) is 73.3 Å². The van der Waals surface area contributed by atoms with Gasteiger partial charge in [0.15, 0.2) is 0 Å². The summed E-state index contributed by atoms with van der Waals surface area (Å²) in [6.07, 6.45) is 4.11. The van der Waals surface area contributed by atoms with Crippen molar-refractivity contribution in [3.63, 3.8) is 0 Å². The summed E-state index contributed by atoms with van der Waals surface area (Å²) in [4.78, 5) is 20.9. The average molecular weight is 351 g/mol. The Kier molecular flexibility index (Phi) is 4.85. The highest BCUT2D eigenvalue weighted by atomic mass is 32.1. The molecule has 4 heterocycles. The fraction of sp³-hybridized carbons (Fsp3) is 0.765. The van der Waals surface area contributed by atoms with Crippen molar-refractivity contribution in [1.82, 2.24) is 14.8 Å². The van der Waals surface area contributed by atoms with Crippen LogP contribution in [0.4, 0.5) is 0 Å². The number of fused-ring (bicyclic) bond motifs is 1. The molecule has 3 aliphatic rings. The van der Waals surface area contributed by atoms with Crippen molar-refractivity contribution in [3.8, 4) is 0 Å². The zero-order valence-electron chi connectivity index (χ0n) is 14.0. The Bertz CT molecular complexity index is 561. The highest BCUT2D eigenvalue weighted by molar-refractivity contribution is 7.09. The number of ether oxygens (including phenoxy) is 2. The van der Waals surface area contributed by atoms with E-state index in [2.05, 4.69) is 9.88 Å².